The first-order chi connectivity index (χ1) is 8.16. The second kappa shape index (κ2) is 5.65. The molecule has 0 saturated heterocycles. The van der Waals surface area contributed by atoms with Crippen LogP contribution in [-0.4, -0.2) is 0 Å². The lowest BCUT2D eigenvalue weighted by Gasteiger charge is -2.09. The van der Waals surface area contributed by atoms with Gasteiger partial charge < -0.3 is 4.74 Å². The van der Waals surface area contributed by atoms with Gasteiger partial charge in [-0.3, -0.25) is 0 Å². The van der Waals surface area contributed by atoms with Crippen LogP contribution in [0.4, 0.5) is 4.39 Å². The summed E-state index contributed by atoms with van der Waals surface area (Å²) in [7, 11) is 0. The first-order valence-corrected chi connectivity index (χ1v) is 6.56. The van der Waals surface area contributed by atoms with E-state index in [1.807, 2.05) is 24.3 Å². The van der Waals surface area contributed by atoms with Crippen LogP contribution in [0.3, 0.4) is 0 Å². The van der Waals surface area contributed by atoms with Gasteiger partial charge in [-0.2, -0.15) is 0 Å². The van der Waals surface area contributed by atoms with E-state index in [9.17, 15) is 4.39 Å². The van der Waals surface area contributed by atoms with Crippen LogP contribution in [0.5, 0.6) is 5.75 Å². The Morgan fingerprint density at radius 1 is 1.00 bits per heavy atom. The van der Waals surface area contributed by atoms with Gasteiger partial charge in [0.1, 0.15) is 18.2 Å². The topological polar surface area (TPSA) is 9.23 Å². The first-order valence-electron chi connectivity index (χ1n) is 4.98. The van der Waals surface area contributed by atoms with Crippen LogP contribution in [0, 0.1) is 5.82 Å². The van der Waals surface area contributed by atoms with Gasteiger partial charge in [-0.1, -0.05) is 34.1 Å². The summed E-state index contributed by atoms with van der Waals surface area (Å²) in [5.41, 5.74) is 1.02. The molecule has 0 saturated carbocycles. The molecule has 17 heavy (non-hydrogen) atoms. The van der Waals surface area contributed by atoms with Crippen molar-refractivity contribution in [1.82, 2.24) is 0 Å². The molecule has 0 spiro atoms. The maximum atomic E-state index is 13.0. The highest BCUT2D eigenvalue weighted by atomic mass is 79.9. The summed E-state index contributed by atoms with van der Waals surface area (Å²) >= 11 is 6.76. The SMILES string of the molecule is Fc1ccc(Br)c(OCc2ccccc2Br)c1. The molecule has 0 aliphatic rings. The summed E-state index contributed by atoms with van der Waals surface area (Å²) in [6, 6.07) is 12.1. The largest absolute Gasteiger partial charge is 0.488 e. The summed E-state index contributed by atoms with van der Waals surface area (Å²) in [6.07, 6.45) is 0. The van der Waals surface area contributed by atoms with E-state index >= 15 is 0 Å². The van der Waals surface area contributed by atoms with Crippen LogP contribution in [0.2, 0.25) is 0 Å². The quantitative estimate of drug-likeness (QED) is 0.754. The van der Waals surface area contributed by atoms with Crippen molar-refractivity contribution in [3.05, 3.63) is 62.8 Å². The molecule has 1 nitrogen and oxygen atoms in total. The highest BCUT2D eigenvalue weighted by Crippen LogP contribution is 2.27. The zero-order chi connectivity index (χ0) is 12.3. The third-order valence-electron chi connectivity index (χ3n) is 2.23. The minimum atomic E-state index is -0.310. The minimum Gasteiger partial charge on any atom is -0.488 e. The molecule has 0 N–H and O–H groups in total. The van der Waals surface area contributed by atoms with Gasteiger partial charge in [-0.05, 0) is 34.1 Å². The van der Waals surface area contributed by atoms with Crippen molar-refractivity contribution >= 4 is 31.9 Å². The van der Waals surface area contributed by atoms with Crippen LogP contribution in [0.1, 0.15) is 5.56 Å². The molecule has 0 aliphatic carbocycles. The predicted octanol–water partition coefficient (Wildman–Crippen LogP) is 4.93. The van der Waals surface area contributed by atoms with Gasteiger partial charge in [0.05, 0.1) is 4.47 Å². The van der Waals surface area contributed by atoms with Crippen molar-refractivity contribution in [1.29, 1.82) is 0 Å². The van der Waals surface area contributed by atoms with Crippen molar-refractivity contribution < 1.29 is 9.13 Å². The van der Waals surface area contributed by atoms with Crippen LogP contribution in [0.15, 0.2) is 51.4 Å². The average Bonchev–Trinajstić information content (AvgIpc) is 2.32. The fourth-order valence-corrected chi connectivity index (χ4v) is 2.12. The molecule has 0 aromatic heterocycles. The van der Waals surface area contributed by atoms with Crippen molar-refractivity contribution in [2.45, 2.75) is 6.61 Å². The van der Waals surface area contributed by atoms with Crippen LogP contribution < -0.4 is 4.74 Å². The molecular weight excluding hydrogens is 351 g/mol. The second-order valence-electron chi connectivity index (χ2n) is 3.45. The molecule has 2 aromatic rings. The molecule has 0 radical (unpaired) electrons. The number of benzene rings is 2. The van der Waals surface area contributed by atoms with Crippen LogP contribution in [0.25, 0.3) is 0 Å². The van der Waals surface area contributed by atoms with Gasteiger partial charge in [0.2, 0.25) is 0 Å². The molecule has 2 rings (SSSR count). The molecule has 0 amide bonds. The smallest absolute Gasteiger partial charge is 0.136 e. The van der Waals surface area contributed by atoms with E-state index < -0.39 is 0 Å². The van der Waals surface area contributed by atoms with E-state index in [0.717, 1.165) is 14.5 Å². The fraction of sp³-hybridized carbons (Fsp3) is 0.0769. The maximum Gasteiger partial charge on any atom is 0.136 e. The lowest BCUT2D eigenvalue weighted by Crippen LogP contribution is -1.97. The number of halogens is 3. The highest BCUT2D eigenvalue weighted by molar-refractivity contribution is 9.10. The fourth-order valence-electron chi connectivity index (χ4n) is 1.36. The van der Waals surface area contributed by atoms with Gasteiger partial charge >= 0.3 is 0 Å². The van der Waals surface area contributed by atoms with Crippen LogP contribution in [-0.2, 0) is 6.61 Å². The summed E-state index contributed by atoms with van der Waals surface area (Å²) in [4.78, 5) is 0. The lowest BCUT2D eigenvalue weighted by atomic mass is 10.2. The van der Waals surface area contributed by atoms with E-state index in [1.165, 1.54) is 12.1 Å². The number of hydrogen-bond acceptors (Lipinski definition) is 1. The number of hydrogen-bond donors (Lipinski definition) is 0. The normalized spacial score (nSPS) is 10.3. The average molecular weight is 360 g/mol. The van der Waals surface area contributed by atoms with Crippen molar-refractivity contribution in [2.24, 2.45) is 0 Å². The number of rotatable bonds is 3. The summed E-state index contributed by atoms with van der Waals surface area (Å²) in [5.74, 6) is 0.191. The molecule has 0 atom stereocenters. The molecular formula is C13H9Br2FO. The highest BCUT2D eigenvalue weighted by Gasteiger charge is 2.04. The van der Waals surface area contributed by atoms with E-state index in [4.69, 9.17) is 4.74 Å². The summed E-state index contributed by atoms with van der Waals surface area (Å²) < 4.78 is 20.3. The van der Waals surface area contributed by atoms with Gasteiger partial charge in [0.15, 0.2) is 0 Å². The van der Waals surface area contributed by atoms with E-state index in [2.05, 4.69) is 31.9 Å². The van der Waals surface area contributed by atoms with Crippen molar-refractivity contribution in [3.63, 3.8) is 0 Å². The third-order valence-corrected chi connectivity index (χ3v) is 3.66. The van der Waals surface area contributed by atoms with E-state index in [-0.39, 0.29) is 5.82 Å². The lowest BCUT2D eigenvalue weighted by molar-refractivity contribution is 0.302. The molecule has 4 heteroatoms. The Bertz CT molecular complexity index is 529. The Hall–Kier alpha value is -0.870. The Morgan fingerprint density at radius 2 is 1.76 bits per heavy atom. The number of ether oxygens (including phenoxy) is 1. The monoisotopic (exact) mass is 358 g/mol. The molecule has 0 aliphatic heterocycles. The molecule has 88 valence electrons. The molecule has 0 fully saturated rings. The third kappa shape index (κ3) is 3.30. The Balaban J connectivity index is 2.12. The second-order valence-corrected chi connectivity index (χ2v) is 5.16. The maximum absolute atomic E-state index is 13.0. The molecule has 0 heterocycles. The Labute approximate surface area is 116 Å². The molecule has 0 unspecified atom stereocenters. The molecule has 2 aromatic carbocycles. The van der Waals surface area contributed by atoms with Gasteiger partial charge in [0.25, 0.3) is 0 Å². The minimum absolute atomic E-state index is 0.310. The van der Waals surface area contributed by atoms with Crippen molar-refractivity contribution in [2.75, 3.05) is 0 Å². The van der Waals surface area contributed by atoms with Gasteiger partial charge in [-0.25, -0.2) is 4.39 Å². The Kier molecular flexibility index (Phi) is 4.18. The zero-order valence-electron chi connectivity index (χ0n) is 8.79. The summed E-state index contributed by atoms with van der Waals surface area (Å²) in [6.45, 7) is 0.392. The van der Waals surface area contributed by atoms with Gasteiger partial charge in [-0.15, -0.1) is 0 Å². The molecule has 0 bridgehead atoms. The van der Waals surface area contributed by atoms with Crippen LogP contribution >= 0.6 is 31.9 Å². The summed E-state index contributed by atoms with van der Waals surface area (Å²) in [5, 5.41) is 0. The van der Waals surface area contributed by atoms with Gasteiger partial charge in [0, 0.05) is 16.1 Å². The van der Waals surface area contributed by atoms with Crippen molar-refractivity contribution in [3.8, 4) is 5.75 Å². The predicted molar refractivity (Wildman–Crippen MR) is 72.6 cm³/mol. The Morgan fingerprint density at radius 3 is 2.53 bits per heavy atom. The van der Waals surface area contributed by atoms with E-state index in [0.29, 0.717) is 12.4 Å². The standard InChI is InChI=1S/C13H9Br2FO/c14-11-4-2-1-3-9(11)8-17-13-7-10(16)5-6-12(13)15/h1-7H,8H2. The first kappa shape index (κ1) is 12.6. The van der Waals surface area contributed by atoms with E-state index in [1.54, 1.807) is 6.07 Å². The zero-order valence-corrected chi connectivity index (χ0v) is 12.0.